The molecule has 3 rings (SSSR count). The van der Waals surface area contributed by atoms with Crippen LogP contribution in [-0.4, -0.2) is 176 Å². The summed E-state index contributed by atoms with van der Waals surface area (Å²) in [6.07, 6.45) is -22.1. The van der Waals surface area contributed by atoms with Gasteiger partial charge in [-0.15, -0.1) is 0 Å². The maximum absolute atomic E-state index is 13.0. The molecule has 0 amide bonds. The predicted octanol–water partition coefficient (Wildman–Crippen LogP) is -0.578. The van der Waals surface area contributed by atoms with Crippen molar-refractivity contribution in [1.82, 2.24) is 0 Å². The Hall–Kier alpha value is -5.64. The van der Waals surface area contributed by atoms with Crippen molar-refractivity contribution in [3.63, 3.8) is 0 Å². The van der Waals surface area contributed by atoms with E-state index in [-0.39, 0.29) is 0 Å². The first kappa shape index (κ1) is 55.7. The molecule has 0 aromatic rings. The lowest BCUT2D eigenvalue weighted by molar-refractivity contribution is -0.341. The molecule has 0 N–H and O–H groups in total. The number of rotatable bonds is 18. The Morgan fingerprint density at radius 3 is 0.896 bits per heavy atom. The summed E-state index contributed by atoms with van der Waals surface area (Å²) in [5.74, 6) is -10.3. The predicted molar refractivity (Wildman–Crippen MR) is 213 cm³/mol. The van der Waals surface area contributed by atoms with E-state index in [2.05, 4.69) is 0 Å². The summed E-state index contributed by atoms with van der Waals surface area (Å²) in [6, 6.07) is 0. The van der Waals surface area contributed by atoms with E-state index < -0.39 is 176 Å². The first-order valence-corrected chi connectivity index (χ1v) is 21.3. The molecule has 3 saturated heterocycles. The van der Waals surface area contributed by atoms with E-state index in [1.165, 1.54) is 0 Å². The lowest BCUT2D eigenvalue weighted by Crippen LogP contribution is -2.67. The Kier molecular flexibility index (Phi) is 21.2. The molecular weight excluding hydrogens is 928 g/mol. The van der Waals surface area contributed by atoms with E-state index >= 15 is 0 Å². The highest BCUT2D eigenvalue weighted by Crippen LogP contribution is 2.43. The van der Waals surface area contributed by atoms with Crippen molar-refractivity contribution in [2.45, 2.75) is 167 Å². The molecule has 0 bridgehead atoms. The fraction of sp³-hybridized carbons (Fsp3) is 0.725. The highest BCUT2D eigenvalue weighted by molar-refractivity contribution is 8.00. The maximum Gasteiger partial charge on any atom is 0.303 e. The van der Waals surface area contributed by atoms with Gasteiger partial charge in [-0.2, -0.15) is 0 Å². The van der Waals surface area contributed by atoms with Crippen LogP contribution in [-0.2, 0) is 124 Å². The van der Waals surface area contributed by atoms with Crippen LogP contribution in [0.3, 0.4) is 0 Å². The van der Waals surface area contributed by atoms with E-state index in [0.717, 1.165) is 76.2 Å². The largest absolute Gasteiger partial charge is 0.463 e. The third-order valence-electron chi connectivity index (χ3n) is 9.10. The summed E-state index contributed by atoms with van der Waals surface area (Å²) >= 11 is 0.567. The smallest absolute Gasteiger partial charge is 0.303 e. The molecule has 3 heterocycles. The number of hydrogen-bond acceptors (Lipinski definition) is 27. The summed E-state index contributed by atoms with van der Waals surface area (Å²) in [5, 5.41) is 0. The average Bonchev–Trinajstić information content (AvgIpc) is 3.17. The second kappa shape index (κ2) is 25.5. The zero-order valence-electron chi connectivity index (χ0n) is 38.3. The van der Waals surface area contributed by atoms with E-state index in [9.17, 15) is 52.7 Å². The van der Waals surface area contributed by atoms with Gasteiger partial charge in [0.2, 0.25) is 0 Å². The van der Waals surface area contributed by atoms with Crippen molar-refractivity contribution in [1.29, 1.82) is 0 Å². The van der Waals surface area contributed by atoms with Gasteiger partial charge in [0.05, 0.1) is 0 Å². The van der Waals surface area contributed by atoms with Crippen molar-refractivity contribution >= 4 is 77.4 Å². The van der Waals surface area contributed by atoms with Crippen LogP contribution in [0.5, 0.6) is 0 Å². The van der Waals surface area contributed by atoms with Gasteiger partial charge in [0, 0.05) is 76.2 Å². The number of hydrogen-bond donors (Lipinski definition) is 0. The second-order valence-electron chi connectivity index (χ2n) is 14.9. The number of carbonyl (C=O) groups is 11. The first-order chi connectivity index (χ1) is 31.3. The molecule has 0 radical (unpaired) electrons. The minimum Gasteiger partial charge on any atom is -0.463 e. The molecule has 3 aliphatic heterocycles. The summed E-state index contributed by atoms with van der Waals surface area (Å²) < 4.78 is 85.2. The van der Waals surface area contributed by atoms with Crippen LogP contribution < -0.4 is 0 Å². The lowest BCUT2D eigenvalue weighted by Gasteiger charge is -2.50. The first-order valence-electron chi connectivity index (χ1n) is 20.3. The third kappa shape index (κ3) is 17.2. The van der Waals surface area contributed by atoms with Crippen LogP contribution in [0.1, 0.15) is 76.2 Å². The van der Waals surface area contributed by atoms with Gasteiger partial charge in [0.25, 0.3) is 0 Å². The van der Waals surface area contributed by atoms with Crippen molar-refractivity contribution in [3.8, 4) is 0 Å². The number of esters is 11. The molecule has 0 aromatic carbocycles. The maximum atomic E-state index is 13.0. The van der Waals surface area contributed by atoms with Gasteiger partial charge < -0.3 is 71.1 Å². The molecule has 26 nitrogen and oxygen atoms in total. The van der Waals surface area contributed by atoms with Crippen molar-refractivity contribution in [2.75, 3.05) is 19.8 Å². The Bertz CT molecular complexity index is 1850. The summed E-state index contributed by atoms with van der Waals surface area (Å²) in [4.78, 5) is 137. The quantitative estimate of drug-likeness (QED) is 0.122. The molecule has 3 fully saturated rings. The van der Waals surface area contributed by atoms with Gasteiger partial charge in [-0.3, -0.25) is 52.7 Å². The van der Waals surface area contributed by atoms with Crippen LogP contribution in [0.2, 0.25) is 0 Å². The Balaban J connectivity index is 2.28. The monoisotopic (exact) mass is 982 g/mol. The van der Waals surface area contributed by atoms with Gasteiger partial charge >= 0.3 is 65.7 Å². The van der Waals surface area contributed by atoms with Crippen LogP contribution in [0.25, 0.3) is 0 Å². The van der Waals surface area contributed by atoms with Gasteiger partial charge in [-0.1, -0.05) is 11.8 Å². The van der Waals surface area contributed by atoms with Crippen LogP contribution in [0.4, 0.5) is 0 Å². The zero-order chi connectivity index (χ0) is 50.4. The number of carbonyl (C=O) groups excluding carboxylic acids is 11. The van der Waals surface area contributed by atoms with Crippen LogP contribution in [0, 0.1) is 0 Å². The van der Waals surface area contributed by atoms with Gasteiger partial charge in [-0.05, 0) is 0 Å². The van der Waals surface area contributed by atoms with Crippen molar-refractivity contribution in [2.24, 2.45) is 0 Å². The molecule has 0 spiro atoms. The standard InChI is InChI=1S/C40H54O26S/c1-15(41)52-12-26-29(55-18(4)44)32(57-20(6)46)35(60-23(9)49)38(63-26)66-31-28(14-54-17(3)43)65-40(37(62-25(11)51)34(31)59-22(8)48)67-39-36(61-24(10)50)33(58-21(7)47)30(56-19(5)45)27(64-39)13-53-16(2)42/h26-40H,12-14H2,1-11H3/t26-,27-,28-,29-,30-,31-,32+,33+,34+,35-,36-,37-,38-,39+,40+/m1/s1. The van der Waals surface area contributed by atoms with Gasteiger partial charge in [0.15, 0.2) is 55.1 Å². The molecule has 0 unspecified atom stereocenters. The molecule has 376 valence electrons. The second-order valence-corrected chi connectivity index (χ2v) is 16.1. The van der Waals surface area contributed by atoms with Gasteiger partial charge in [-0.25, -0.2) is 0 Å². The van der Waals surface area contributed by atoms with E-state index in [4.69, 9.17) is 71.1 Å². The third-order valence-corrected chi connectivity index (χ3v) is 10.4. The minimum absolute atomic E-state index is 0.567. The Morgan fingerprint density at radius 2 is 0.567 bits per heavy atom. The SMILES string of the molecule is CC(=O)OC[C@H]1O[C@@H](S[C@@H]2O[C@H](COC(C)=O)[C@@H](O[C@H]3O[C@H](COC(C)=O)[C@@H](OC(C)=O)[C@H](OC(C)=O)[C@H]3OC(C)=O)[C@H](OC(C)=O)[C@H]2OC(C)=O)[C@H](OC(C)=O)[C@@H](OC(C)=O)[C@@H]1OC(C)=O. The summed E-state index contributed by atoms with van der Waals surface area (Å²) in [6.45, 7) is 9.04. The Labute approximate surface area is 387 Å². The average molecular weight is 983 g/mol. The Morgan fingerprint density at radius 1 is 0.313 bits per heavy atom. The molecule has 27 heteroatoms. The molecule has 0 saturated carbocycles. The van der Waals surface area contributed by atoms with Crippen LogP contribution in [0.15, 0.2) is 0 Å². The normalized spacial score (nSPS) is 31.2. The highest BCUT2D eigenvalue weighted by atomic mass is 32.2. The van der Waals surface area contributed by atoms with Crippen LogP contribution >= 0.6 is 11.8 Å². The zero-order valence-corrected chi connectivity index (χ0v) is 39.1. The fourth-order valence-electron chi connectivity index (χ4n) is 7.01. The summed E-state index contributed by atoms with van der Waals surface area (Å²) in [7, 11) is 0. The molecule has 67 heavy (non-hydrogen) atoms. The lowest BCUT2D eigenvalue weighted by atomic mass is 9.96. The van der Waals surface area contributed by atoms with E-state index in [1.54, 1.807) is 0 Å². The molecule has 15 atom stereocenters. The molecule has 0 aliphatic carbocycles. The fourth-order valence-corrected chi connectivity index (χ4v) is 8.42. The number of thioether (sulfide) groups is 1. The topological polar surface area (TPSA) is 326 Å². The number of ether oxygens (including phenoxy) is 15. The van der Waals surface area contributed by atoms with Gasteiger partial charge in [0.1, 0.15) is 55.1 Å². The van der Waals surface area contributed by atoms with Crippen molar-refractivity contribution < 1.29 is 124 Å². The molecule has 3 aliphatic rings. The summed E-state index contributed by atoms with van der Waals surface area (Å²) in [5.41, 5.74) is -3.24. The minimum atomic E-state index is -1.96. The highest BCUT2D eigenvalue weighted by Gasteiger charge is 2.60. The van der Waals surface area contributed by atoms with Crippen molar-refractivity contribution in [3.05, 3.63) is 0 Å². The van der Waals surface area contributed by atoms with E-state index in [1.807, 2.05) is 0 Å². The molecule has 0 aromatic heterocycles. The van der Waals surface area contributed by atoms with E-state index in [0.29, 0.717) is 11.8 Å². The molecular formula is C40H54O26S.